The van der Waals surface area contributed by atoms with Crippen LogP contribution in [0.25, 0.3) is 0 Å². The number of carbonyl (C=O) groups excluding carboxylic acids is 4. The van der Waals surface area contributed by atoms with Crippen LogP contribution < -0.4 is 0 Å². The zero-order valence-corrected chi connectivity index (χ0v) is 64.8. The van der Waals surface area contributed by atoms with E-state index < -0.39 is 97.5 Å². The molecule has 0 heterocycles. The van der Waals surface area contributed by atoms with Gasteiger partial charge in [-0.15, -0.1) is 0 Å². The third-order valence-electron chi connectivity index (χ3n) is 18.9. The molecule has 0 aliphatic heterocycles. The Bertz CT molecular complexity index is 1890. The lowest BCUT2D eigenvalue weighted by atomic mass is 9.99. The number of unbranched alkanes of at least 4 members (excludes halogenated alkanes) is 37. The summed E-state index contributed by atoms with van der Waals surface area (Å²) in [5, 5.41) is 10.6. The molecule has 96 heavy (non-hydrogen) atoms. The van der Waals surface area contributed by atoms with Gasteiger partial charge >= 0.3 is 39.5 Å². The Hall–Kier alpha value is -1.94. The molecular weight excluding hydrogens is 1260 g/mol. The van der Waals surface area contributed by atoms with E-state index in [9.17, 15) is 43.2 Å². The zero-order valence-electron chi connectivity index (χ0n) is 63.0. The Labute approximate surface area is 588 Å². The molecule has 0 saturated carbocycles. The van der Waals surface area contributed by atoms with Gasteiger partial charge in [0.05, 0.1) is 26.4 Å². The van der Waals surface area contributed by atoms with E-state index in [0.29, 0.717) is 25.7 Å². The van der Waals surface area contributed by atoms with Crippen LogP contribution in [-0.2, 0) is 65.4 Å². The summed E-state index contributed by atoms with van der Waals surface area (Å²) in [4.78, 5) is 72.9. The maximum Gasteiger partial charge on any atom is 0.472 e. The molecule has 5 unspecified atom stereocenters. The molecule has 0 fully saturated rings. The Kier molecular flexibility index (Phi) is 65.0. The molecule has 17 nitrogen and oxygen atoms in total. The number of esters is 4. The van der Waals surface area contributed by atoms with Crippen LogP contribution in [0.2, 0.25) is 0 Å². The molecule has 0 aromatic carbocycles. The average Bonchev–Trinajstić information content (AvgIpc) is 1.72. The molecule has 0 radical (unpaired) electrons. The second-order valence-corrected chi connectivity index (χ2v) is 31.9. The molecule has 0 rings (SSSR count). The summed E-state index contributed by atoms with van der Waals surface area (Å²) in [6, 6.07) is 0. The van der Waals surface area contributed by atoms with Gasteiger partial charge in [-0.3, -0.25) is 37.3 Å². The van der Waals surface area contributed by atoms with Gasteiger partial charge < -0.3 is 33.8 Å². The van der Waals surface area contributed by atoms with Crippen molar-refractivity contribution in [2.24, 2.45) is 23.7 Å². The first kappa shape index (κ1) is 94.1. The maximum atomic E-state index is 13.1. The highest BCUT2D eigenvalue weighted by Gasteiger charge is 2.30. The minimum Gasteiger partial charge on any atom is -0.462 e. The summed E-state index contributed by atoms with van der Waals surface area (Å²) in [7, 11) is -9.92. The third-order valence-corrected chi connectivity index (χ3v) is 20.8. The smallest absolute Gasteiger partial charge is 0.462 e. The van der Waals surface area contributed by atoms with Crippen molar-refractivity contribution in [1.29, 1.82) is 0 Å². The van der Waals surface area contributed by atoms with Crippen molar-refractivity contribution in [2.75, 3.05) is 39.6 Å². The van der Waals surface area contributed by atoms with E-state index in [1.807, 2.05) is 0 Å². The first-order valence-electron chi connectivity index (χ1n) is 39.8. The van der Waals surface area contributed by atoms with Crippen LogP contribution in [0.3, 0.4) is 0 Å². The summed E-state index contributed by atoms with van der Waals surface area (Å²) in [6.07, 6.45) is 51.1. The van der Waals surface area contributed by atoms with E-state index in [1.165, 1.54) is 193 Å². The Balaban J connectivity index is 5.27. The summed E-state index contributed by atoms with van der Waals surface area (Å²) in [5.41, 5.74) is 0. The van der Waals surface area contributed by atoms with Crippen molar-refractivity contribution in [3.8, 4) is 0 Å². The van der Waals surface area contributed by atoms with Gasteiger partial charge in [-0.1, -0.05) is 338 Å². The van der Waals surface area contributed by atoms with Gasteiger partial charge in [0, 0.05) is 25.7 Å². The molecule has 0 spiro atoms. The number of aliphatic hydroxyl groups is 1. The predicted molar refractivity (Wildman–Crippen MR) is 391 cm³/mol. The van der Waals surface area contributed by atoms with Crippen LogP contribution >= 0.6 is 15.6 Å². The van der Waals surface area contributed by atoms with Gasteiger partial charge in [-0.2, -0.15) is 0 Å². The van der Waals surface area contributed by atoms with Crippen molar-refractivity contribution in [3.05, 3.63) is 0 Å². The van der Waals surface area contributed by atoms with E-state index >= 15 is 0 Å². The number of phosphoric acid groups is 2. The zero-order chi connectivity index (χ0) is 71.0. The Morgan fingerprint density at radius 2 is 0.500 bits per heavy atom. The summed E-state index contributed by atoms with van der Waals surface area (Å²) in [5.74, 6) is 1.04. The largest absolute Gasteiger partial charge is 0.472 e. The van der Waals surface area contributed by atoms with Crippen LogP contribution in [0.4, 0.5) is 0 Å². The van der Waals surface area contributed by atoms with Crippen LogP contribution in [0.15, 0.2) is 0 Å². The molecule has 0 aliphatic carbocycles. The molecule has 0 aliphatic rings. The number of hydrogen-bond acceptors (Lipinski definition) is 15. The lowest BCUT2D eigenvalue weighted by molar-refractivity contribution is -0.161. The Morgan fingerprint density at radius 1 is 0.292 bits per heavy atom. The van der Waals surface area contributed by atoms with Crippen LogP contribution in [0, 0.1) is 23.7 Å². The first-order chi connectivity index (χ1) is 46.2. The normalized spacial score (nSPS) is 15.0. The quantitative estimate of drug-likeness (QED) is 0.0222. The molecule has 19 heteroatoms. The Morgan fingerprint density at radius 3 is 0.740 bits per heavy atom. The van der Waals surface area contributed by atoms with Gasteiger partial charge in [0.2, 0.25) is 0 Å². The lowest BCUT2D eigenvalue weighted by Gasteiger charge is -2.21. The van der Waals surface area contributed by atoms with E-state index in [-0.39, 0.29) is 25.7 Å². The van der Waals surface area contributed by atoms with Crippen molar-refractivity contribution in [3.63, 3.8) is 0 Å². The van der Waals surface area contributed by atoms with Crippen LogP contribution in [-0.4, -0.2) is 96.7 Å². The minimum atomic E-state index is -4.96. The van der Waals surface area contributed by atoms with Crippen LogP contribution in [0.1, 0.15) is 389 Å². The number of ether oxygens (including phenoxy) is 4. The number of rotatable bonds is 74. The fraction of sp³-hybridized carbons (Fsp3) is 0.948. The SMILES string of the molecule is CCC(C)CCCCCCCCCCCCCCCCC(=O)O[C@H](COC(=O)CCCCCCCCCCCCCC(C)C)COP(=O)(O)OC[C@@H](O)COP(=O)(O)OC[C@@H](COC(=O)CCCCCCCCCCC(C)CC)OC(=O)CCCCCCCCCCC(C)CC. The lowest BCUT2D eigenvalue weighted by Crippen LogP contribution is -2.30. The fourth-order valence-corrected chi connectivity index (χ4v) is 13.2. The van der Waals surface area contributed by atoms with Crippen molar-refractivity contribution in [1.82, 2.24) is 0 Å². The van der Waals surface area contributed by atoms with E-state index in [1.54, 1.807) is 0 Å². The van der Waals surface area contributed by atoms with Crippen molar-refractivity contribution < 1.29 is 80.2 Å². The fourth-order valence-electron chi connectivity index (χ4n) is 11.6. The maximum absolute atomic E-state index is 13.1. The molecule has 0 aromatic heterocycles. The second kappa shape index (κ2) is 66.3. The number of carbonyl (C=O) groups is 4. The van der Waals surface area contributed by atoms with Gasteiger partial charge in [0.1, 0.15) is 19.3 Å². The highest BCUT2D eigenvalue weighted by molar-refractivity contribution is 7.47. The number of phosphoric ester groups is 2. The predicted octanol–water partition coefficient (Wildman–Crippen LogP) is 22.4. The van der Waals surface area contributed by atoms with Crippen LogP contribution in [0.5, 0.6) is 0 Å². The average molecular weight is 1410 g/mol. The molecule has 0 saturated heterocycles. The van der Waals surface area contributed by atoms with Gasteiger partial charge in [-0.05, 0) is 49.4 Å². The first-order valence-corrected chi connectivity index (χ1v) is 42.8. The van der Waals surface area contributed by atoms with E-state index in [4.69, 9.17) is 37.0 Å². The monoisotopic (exact) mass is 1410 g/mol. The number of aliphatic hydroxyl groups excluding tert-OH is 1. The molecule has 8 atom stereocenters. The third kappa shape index (κ3) is 66.6. The van der Waals surface area contributed by atoms with E-state index in [0.717, 1.165) is 114 Å². The van der Waals surface area contributed by atoms with Crippen molar-refractivity contribution >= 4 is 39.5 Å². The standard InChI is InChI=1S/C77H150O17P2/c1-9-68(6)54-46-38-30-22-18-14-12-13-15-19-24-35-43-51-59-76(81)93-72(63-87-74(79)57-49-41-33-23-20-16-17-21-29-37-45-53-67(4)5)65-91-95(83,84)89-61-71(78)62-90-96(85,86)92-66-73(94-77(82)60-52-44-36-28-26-32-40-48-56-70(8)11-3)64-88-75(80)58-50-42-34-27-25-31-39-47-55-69(7)10-2/h67-73,78H,9-66H2,1-8H3,(H,83,84)(H,85,86)/t68?,69?,70?,71-,72-,73-/m1/s1. The molecular formula is C77H150O17P2. The highest BCUT2D eigenvalue weighted by Crippen LogP contribution is 2.45. The molecule has 570 valence electrons. The number of hydrogen-bond donors (Lipinski definition) is 3. The molecule has 0 aromatic rings. The van der Waals surface area contributed by atoms with Gasteiger partial charge in [0.15, 0.2) is 12.2 Å². The second-order valence-electron chi connectivity index (χ2n) is 28.9. The van der Waals surface area contributed by atoms with E-state index in [2.05, 4.69) is 55.4 Å². The van der Waals surface area contributed by atoms with Gasteiger partial charge in [0.25, 0.3) is 0 Å². The van der Waals surface area contributed by atoms with Crippen molar-refractivity contribution in [2.45, 2.75) is 408 Å². The summed E-state index contributed by atoms with van der Waals surface area (Å²) >= 11 is 0. The summed E-state index contributed by atoms with van der Waals surface area (Å²) < 4.78 is 68.6. The molecule has 3 N–H and O–H groups in total. The molecule has 0 amide bonds. The molecule has 0 bridgehead atoms. The highest BCUT2D eigenvalue weighted by atomic mass is 31.2. The summed E-state index contributed by atoms with van der Waals surface area (Å²) in [6.45, 7) is 14.3. The minimum absolute atomic E-state index is 0.104. The van der Waals surface area contributed by atoms with Gasteiger partial charge in [-0.25, -0.2) is 9.13 Å². The topological polar surface area (TPSA) is 237 Å².